The van der Waals surface area contributed by atoms with Crippen molar-refractivity contribution in [3.63, 3.8) is 0 Å². The Bertz CT molecular complexity index is 338. The van der Waals surface area contributed by atoms with Crippen LogP contribution in [0, 0.1) is 0 Å². The molecule has 0 unspecified atom stereocenters. The van der Waals surface area contributed by atoms with Crippen LogP contribution in [0.3, 0.4) is 0 Å². The zero-order valence-electron chi connectivity index (χ0n) is 7.43. The molecule has 0 fully saturated rings. The molecule has 0 aliphatic carbocycles. The van der Waals surface area contributed by atoms with E-state index in [9.17, 15) is 9.90 Å². The fourth-order valence-corrected chi connectivity index (χ4v) is 0.917. The van der Waals surface area contributed by atoms with Crippen LogP contribution in [0.15, 0.2) is 18.2 Å². The number of rotatable bonds is 3. The van der Waals surface area contributed by atoms with Gasteiger partial charge in [-0.15, -0.1) is 0 Å². The lowest BCUT2D eigenvalue weighted by molar-refractivity contribution is 0.0513. The Hall–Kier alpha value is -1.75. The molecule has 0 aliphatic rings. The van der Waals surface area contributed by atoms with E-state index >= 15 is 0 Å². The van der Waals surface area contributed by atoms with E-state index in [0.717, 1.165) is 6.07 Å². The Kier molecular flexibility index (Phi) is 3.30. The smallest absolute Gasteiger partial charge is 0.342 e. The van der Waals surface area contributed by atoms with E-state index in [1.165, 1.54) is 12.1 Å². The molecule has 4 N–H and O–H groups in total. The summed E-state index contributed by atoms with van der Waals surface area (Å²) in [7, 11) is 0. The van der Waals surface area contributed by atoms with Gasteiger partial charge in [-0.3, -0.25) is 0 Å². The molecule has 0 heterocycles. The average Bonchev–Trinajstić information content (AvgIpc) is 2.18. The third kappa shape index (κ3) is 2.37. The van der Waals surface area contributed by atoms with Crippen molar-refractivity contribution in [2.45, 2.75) is 0 Å². The Balaban J connectivity index is 2.83. The highest BCUT2D eigenvalue weighted by Crippen LogP contribution is 2.22. The van der Waals surface area contributed by atoms with E-state index < -0.39 is 5.97 Å². The van der Waals surface area contributed by atoms with Crippen LogP contribution >= 0.6 is 0 Å². The summed E-state index contributed by atoms with van der Waals surface area (Å²) >= 11 is 0. The minimum Gasteiger partial charge on any atom is -0.508 e. The van der Waals surface area contributed by atoms with E-state index in [1.807, 2.05) is 0 Å². The van der Waals surface area contributed by atoms with Crippen molar-refractivity contribution in [2.75, 3.05) is 13.2 Å². The molecular formula is C9H11NO4. The number of nitrogens with two attached hydrogens (primary N) is 1. The molecule has 76 valence electrons. The number of esters is 1. The molecule has 1 aromatic carbocycles. The Morgan fingerprint density at radius 1 is 1.43 bits per heavy atom. The van der Waals surface area contributed by atoms with Gasteiger partial charge in [0.1, 0.15) is 23.7 Å². The van der Waals surface area contributed by atoms with Gasteiger partial charge in [-0.25, -0.2) is 4.79 Å². The van der Waals surface area contributed by atoms with Crippen LogP contribution in [0.2, 0.25) is 0 Å². The fraction of sp³-hybridized carbons (Fsp3) is 0.222. The van der Waals surface area contributed by atoms with Gasteiger partial charge in [-0.05, 0) is 18.2 Å². The van der Waals surface area contributed by atoms with Crippen molar-refractivity contribution in [3.05, 3.63) is 23.8 Å². The number of phenols is 2. The first-order valence-electron chi connectivity index (χ1n) is 4.04. The Morgan fingerprint density at radius 3 is 2.79 bits per heavy atom. The van der Waals surface area contributed by atoms with E-state index in [0.29, 0.717) is 0 Å². The molecule has 0 saturated carbocycles. The molecule has 1 rings (SSSR count). The van der Waals surface area contributed by atoms with Crippen LogP contribution in [0.4, 0.5) is 0 Å². The quantitative estimate of drug-likeness (QED) is 0.476. The van der Waals surface area contributed by atoms with Crippen LogP contribution in [-0.4, -0.2) is 29.3 Å². The summed E-state index contributed by atoms with van der Waals surface area (Å²) in [5.41, 5.74) is 5.06. The lowest BCUT2D eigenvalue weighted by Crippen LogP contribution is -2.13. The van der Waals surface area contributed by atoms with Gasteiger partial charge in [0.2, 0.25) is 0 Å². The van der Waals surface area contributed by atoms with Crippen molar-refractivity contribution in [1.82, 2.24) is 0 Å². The number of phenolic OH excluding ortho intramolecular Hbond substituents is 2. The third-order valence-corrected chi connectivity index (χ3v) is 1.55. The highest BCUT2D eigenvalue weighted by atomic mass is 16.5. The summed E-state index contributed by atoms with van der Waals surface area (Å²) in [4.78, 5) is 11.2. The summed E-state index contributed by atoms with van der Waals surface area (Å²) in [6.45, 7) is 0.291. The van der Waals surface area contributed by atoms with Gasteiger partial charge < -0.3 is 20.7 Å². The molecule has 0 amide bonds. The van der Waals surface area contributed by atoms with Gasteiger partial charge in [0, 0.05) is 6.54 Å². The van der Waals surface area contributed by atoms with E-state index in [2.05, 4.69) is 4.74 Å². The van der Waals surface area contributed by atoms with Crippen molar-refractivity contribution in [1.29, 1.82) is 0 Å². The van der Waals surface area contributed by atoms with Crippen molar-refractivity contribution in [3.8, 4) is 11.5 Å². The molecule has 0 spiro atoms. The monoisotopic (exact) mass is 197 g/mol. The highest BCUT2D eigenvalue weighted by molar-refractivity contribution is 5.92. The summed E-state index contributed by atoms with van der Waals surface area (Å²) in [6, 6.07) is 3.62. The minimum absolute atomic E-state index is 0.0709. The van der Waals surface area contributed by atoms with Crippen LogP contribution in [0.25, 0.3) is 0 Å². The van der Waals surface area contributed by atoms with Gasteiger partial charge in [-0.1, -0.05) is 0 Å². The number of carbonyl (C=O) groups is 1. The fourth-order valence-electron chi connectivity index (χ4n) is 0.917. The molecule has 0 radical (unpaired) electrons. The predicted molar refractivity (Wildman–Crippen MR) is 49.1 cm³/mol. The molecule has 5 heteroatoms. The molecule has 0 atom stereocenters. The first-order valence-corrected chi connectivity index (χ1v) is 4.04. The molecule has 0 aromatic heterocycles. The number of aromatic hydroxyl groups is 2. The number of hydrogen-bond donors (Lipinski definition) is 3. The maximum absolute atomic E-state index is 11.2. The van der Waals surface area contributed by atoms with Gasteiger partial charge in [-0.2, -0.15) is 0 Å². The zero-order chi connectivity index (χ0) is 10.6. The Labute approximate surface area is 80.7 Å². The molecule has 14 heavy (non-hydrogen) atoms. The normalized spacial score (nSPS) is 9.79. The molecular weight excluding hydrogens is 186 g/mol. The number of ether oxygens (including phenoxy) is 1. The third-order valence-electron chi connectivity index (χ3n) is 1.55. The molecule has 1 aromatic rings. The largest absolute Gasteiger partial charge is 0.508 e. The average molecular weight is 197 g/mol. The number of carbonyl (C=O) groups excluding carboxylic acids is 1. The second-order valence-corrected chi connectivity index (χ2v) is 2.63. The van der Waals surface area contributed by atoms with Crippen molar-refractivity contribution in [2.24, 2.45) is 5.73 Å². The number of benzene rings is 1. The van der Waals surface area contributed by atoms with Crippen LogP contribution < -0.4 is 5.73 Å². The maximum atomic E-state index is 11.2. The number of hydrogen-bond acceptors (Lipinski definition) is 5. The molecule has 0 aliphatic heterocycles. The van der Waals surface area contributed by atoms with Crippen LogP contribution in [0.1, 0.15) is 10.4 Å². The van der Waals surface area contributed by atoms with E-state index in [1.54, 1.807) is 0 Å². The summed E-state index contributed by atoms with van der Waals surface area (Å²) in [5.74, 6) is -1.05. The lowest BCUT2D eigenvalue weighted by Gasteiger charge is -2.05. The summed E-state index contributed by atoms with van der Waals surface area (Å²) in [5, 5.41) is 18.3. The highest BCUT2D eigenvalue weighted by Gasteiger charge is 2.12. The zero-order valence-corrected chi connectivity index (χ0v) is 7.43. The van der Waals surface area contributed by atoms with Crippen molar-refractivity contribution >= 4 is 5.97 Å². The minimum atomic E-state index is -0.705. The molecule has 0 bridgehead atoms. The van der Waals surface area contributed by atoms with E-state index in [-0.39, 0.29) is 30.2 Å². The first kappa shape index (κ1) is 10.3. The Morgan fingerprint density at radius 2 is 2.14 bits per heavy atom. The van der Waals surface area contributed by atoms with Gasteiger partial charge in [0.15, 0.2) is 0 Å². The predicted octanol–water partition coefficient (Wildman–Crippen LogP) is 0.213. The molecule has 0 saturated heterocycles. The second kappa shape index (κ2) is 4.48. The van der Waals surface area contributed by atoms with Gasteiger partial charge in [0.25, 0.3) is 0 Å². The SMILES string of the molecule is NCCOC(=O)c1cc(O)ccc1O. The lowest BCUT2D eigenvalue weighted by atomic mass is 10.2. The standard InChI is InChI=1S/C9H11NO4/c10-3-4-14-9(13)7-5-6(11)1-2-8(7)12/h1-2,5,11-12H,3-4,10H2. The first-order chi connectivity index (χ1) is 6.65. The van der Waals surface area contributed by atoms with Crippen molar-refractivity contribution < 1.29 is 19.7 Å². The maximum Gasteiger partial charge on any atom is 0.342 e. The van der Waals surface area contributed by atoms with Crippen LogP contribution in [0.5, 0.6) is 11.5 Å². The van der Waals surface area contributed by atoms with Crippen LogP contribution in [-0.2, 0) is 4.74 Å². The van der Waals surface area contributed by atoms with Gasteiger partial charge >= 0.3 is 5.97 Å². The summed E-state index contributed by atoms with van der Waals surface area (Å²) in [6.07, 6.45) is 0. The summed E-state index contributed by atoms with van der Waals surface area (Å²) < 4.78 is 4.68. The topological polar surface area (TPSA) is 92.8 Å². The molecule has 5 nitrogen and oxygen atoms in total. The second-order valence-electron chi connectivity index (χ2n) is 2.63. The van der Waals surface area contributed by atoms with E-state index in [4.69, 9.17) is 10.8 Å². The van der Waals surface area contributed by atoms with Gasteiger partial charge in [0.05, 0.1) is 0 Å².